The molecule has 22 heavy (non-hydrogen) atoms. The van der Waals surface area contributed by atoms with Crippen molar-refractivity contribution in [3.05, 3.63) is 60.1 Å². The second-order valence-electron chi connectivity index (χ2n) is 4.97. The van der Waals surface area contributed by atoms with Crippen molar-refractivity contribution in [3.63, 3.8) is 0 Å². The molecule has 0 atom stereocenters. The molecule has 0 saturated heterocycles. The van der Waals surface area contributed by atoms with Crippen LogP contribution >= 0.6 is 0 Å². The SMILES string of the molecule is CN(CC(=O)NC(=O)NCc1ccco1)Cc1ccccc1. The predicted octanol–water partition coefficient (Wildman–Crippen LogP) is 1.74. The highest BCUT2D eigenvalue weighted by Crippen LogP contribution is 2.02. The van der Waals surface area contributed by atoms with Gasteiger partial charge in [-0.15, -0.1) is 0 Å². The van der Waals surface area contributed by atoms with Crippen LogP contribution in [0, 0.1) is 0 Å². The maximum absolute atomic E-state index is 11.8. The normalized spacial score (nSPS) is 10.5. The van der Waals surface area contributed by atoms with Gasteiger partial charge < -0.3 is 9.73 Å². The van der Waals surface area contributed by atoms with Crippen LogP contribution < -0.4 is 10.6 Å². The second kappa shape index (κ2) is 7.99. The van der Waals surface area contributed by atoms with Crippen molar-refractivity contribution in [2.24, 2.45) is 0 Å². The standard InChI is InChI=1S/C16H19N3O3/c1-19(11-13-6-3-2-4-7-13)12-15(20)18-16(21)17-10-14-8-5-9-22-14/h2-9H,10-12H2,1H3,(H2,17,18,20,21). The minimum Gasteiger partial charge on any atom is -0.467 e. The van der Waals surface area contributed by atoms with E-state index < -0.39 is 6.03 Å². The van der Waals surface area contributed by atoms with Crippen molar-refractivity contribution in [2.75, 3.05) is 13.6 Å². The Bertz CT molecular complexity index is 596. The van der Waals surface area contributed by atoms with E-state index in [0.717, 1.165) is 5.56 Å². The van der Waals surface area contributed by atoms with Gasteiger partial charge in [-0.1, -0.05) is 30.3 Å². The largest absolute Gasteiger partial charge is 0.467 e. The van der Waals surface area contributed by atoms with Gasteiger partial charge in [-0.25, -0.2) is 4.79 Å². The van der Waals surface area contributed by atoms with Crippen molar-refractivity contribution in [1.29, 1.82) is 0 Å². The fourth-order valence-corrected chi connectivity index (χ4v) is 1.99. The predicted molar refractivity (Wildman–Crippen MR) is 81.9 cm³/mol. The van der Waals surface area contributed by atoms with Gasteiger partial charge >= 0.3 is 6.03 Å². The summed E-state index contributed by atoms with van der Waals surface area (Å²) in [5.74, 6) is 0.277. The Balaban J connectivity index is 1.69. The van der Waals surface area contributed by atoms with Gasteiger partial charge in [0, 0.05) is 6.54 Å². The summed E-state index contributed by atoms with van der Waals surface area (Å²) in [5.41, 5.74) is 1.11. The van der Waals surface area contributed by atoms with Crippen LogP contribution in [0.15, 0.2) is 53.1 Å². The van der Waals surface area contributed by atoms with E-state index in [0.29, 0.717) is 12.3 Å². The number of hydrogen-bond donors (Lipinski definition) is 2. The third kappa shape index (κ3) is 5.41. The van der Waals surface area contributed by atoms with E-state index in [1.807, 2.05) is 42.3 Å². The summed E-state index contributed by atoms with van der Waals surface area (Å²) < 4.78 is 5.08. The summed E-state index contributed by atoms with van der Waals surface area (Å²) >= 11 is 0. The van der Waals surface area contributed by atoms with Gasteiger partial charge in [-0.2, -0.15) is 0 Å². The number of likely N-dealkylation sites (N-methyl/N-ethyl adjacent to an activating group) is 1. The van der Waals surface area contributed by atoms with Crippen LogP contribution in [0.25, 0.3) is 0 Å². The lowest BCUT2D eigenvalue weighted by Crippen LogP contribution is -2.43. The van der Waals surface area contributed by atoms with Gasteiger partial charge in [0.15, 0.2) is 0 Å². The summed E-state index contributed by atoms with van der Waals surface area (Å²) in [6.07, 6.45) is 1.53. The Hall–Kier alpha value is -2.60. The number of benzene rings is 1. The molecule has 2 rings (SSSR count). The summed E-state index contributed by atoms with van der Waals surface area (Å²) in [6, 6.07) is 12.8. The molecule has 6 heteroatoms. The van der Waals surface area contributed by atoms with Crippen molar-refractivity contribution in [2.45, 2.75) is 13.1 Å². The smallest absolute Gasteiger partial charge is 0.321 e. The molecule has 0 aliphatic carbocycles. The highest BCUT2D eigenvalue weighted by Gasteiger charge is 2.10. The molecule has 0 aliphatic heterocycles. The first-order valence-electron chi connectivity index (χ1n) is 6.96. The third-order valence-electron chi connectivity index (χ3n) is 2.97. The van der Waals surface area contributed by atoms with E-state index >= 15 is 0 Å². The van der Waals surface area contributed by atoms with Gasteiger partial charge in [0.25, 0.3) is 0 Å². The van der Waals surface area contributed by atoms with E-state index in [1.54, 1.807) is 12.1 Å². The first-order chi connectivity index (χ1) is 10.6. The molecule has 1 heterocycles. The van der Waals surface area contributed by atoms with Crippen LogP contribution in [0.5, 0.6) is 0 Å². The van der Waals surface area contributed by atoms with Crippen molar-refractivity contribution in [3.8, 4) is 0 Å². The Labute approximate surface area is 129 Å². The Morgan fingerprint density at radius 2 is 1.91 bits per heavy atom. The first kappa shape index (κ1) is 15.8. The molecule has 0 saturated carbocycles. The van der Waals surface area contributed by atoms with Crippen LogP contribution in [0.1, 0.15) is 11.3 Å². The van der Waals surface area contributed by atoms with E-state index in [2.05, 4.69) is 10.6 Å². The monoisotopic (exact) mass is 301 g/mol. The number of furan rings is 1. The molecule has 6 nitrogen and oxygen atoms in total. The van der Waals surface area contributed by atoms with Gasteiger partial charge in [-0.3, -0.25) is 15.0 Å². The Morgan fingerprint density at radius 1 is 1.14 bits per heavy atom. The first-order valence-corrected chi connectivity index (χ1v) is 6.96. The topological polar surface area (TPSA) is 74.6 Å². The van der Waals surface area contributed by atoms with Crippen LogP contribution in [0.4, 0.5) is 4.79 Å². The zero-order valence-corrected chi connectivity index (χ0v) is 12.4. The highest BCUT2D eigenvalue weighted by atomic mass is 16.3. The molecule has 0 unspecified atom stereocenters. The maximum Gasteiger partial charge on any atom is 0.321 e. The summed E-state index contributed by atoms with van der Waals surface area (Å²) in [4.78, 5) is 25.2. The number of amides is 3. The van der Waals surface area contributed by atoms with Gasteiger partial charge in [0.1, 0.15) is 5.76 Å². The van der Waals surface area contributed by atoms with Crippen molar-refractivity contribution < 1.29 is 14.0 Å². The third-order valence-corrected chi connectivity index (χ3v) is 2.97. The number of hydrogen-bond acceptors (Lipinski definition) is 4. The molecule has 0 bridgehead atoms. The maximum atomic E-state index is 11.8. The number of rotatable bonds is 6. The average Bonchev–Trinajstić information content (AvgIpc) is 2.99. The molecular weight excluding hydrogens is 282 g/mol. The lowest BCUT2D eigenvalue weighted by molar-refractivity contribution is -0.120. The molecule has 2 N–H and O–H groups in total. The highest BCUT2D eigenvalue weighted by molar-refractivity contribution is 5.95. The molecule has 2 aromatic rings. The molecule has 0 fully saturated rings. The molecule has 3 amide bonds. The van der Waals surface area contributed by atoms with E-state index in [9.17, 15) is 9.59 Å². The molecule has 0 spiro atoms. The summed E-state index contributed by atoms with van der Waals surface area (Å²) in [5, 5.41) is 4.84. The zero-order chi connectivity index (χ0) is 15.8. The number of urea groups is 1. The van der Waals surface area contributed by atoms with Crippen molar-refractivity contribution >= 4 is 11.9 Å². The molecule has 0 radical (unpaired) electrons. The van der Waals surface area contributed by atoms with Crippen LogP contribution in [0.3, 0.4) is 0 Å². The van der Waals surface area contributed by atoms with Crippen LogP contribution in [-0.4, -0.2) is 30.4 Å². The molecule has 1 aromatic heterocycles. The second-order valence-corrected chi connectivity index (χ2v) is 4.97. The molecule has 116 valence electrons. The molecular formula is C16H19N3O3. The summed E-state index contributed by atoms with van der Waals surface area (Å²) in [7, 11) is 1.83. The molecule has 1 aromatic carbocycles. The lowest BCUT2D eigenvalue weighted by Gasteiger charge is -2.16. The van der Waals surface area contributed by atoms with Crippen LogP contribution in [-0.2, 0) is 17.9 Å². The number of imide groups is 1. The minimum atomic E-state index is -0.533. The lowest BCUT2D eigenvalue weighted by atomic mass is 10.2. The van der Waals surface area contributed by atoms with Gasteiger partial charge in [0.2, 0.25) is 5.91 Å². The van der Waals surface area contributed by atoms with E-state index in [1.165, 1.54) is 6.26 Å². The Kier molecular flexibility index (Phi) is 5.73. The zero-order valence-electron chi connectivity index (χ0n) is 12.4. The number of carbonyl (C=O) groups is 2. The summed E-state index contributed by atoms with van der Waals surface area (Å²) in [6.45, 7) is 1.03. The minimum absolute atomic E-state index is 0.142. The number of nitrogens with zero attached hydrogens (tertiary/aromatic N) is 1. The quantitative estimate of drug-likeness (QED) is 0.852. The van der Waals surface area contributed by atoms with E-state index in [-0.39, 0.29) is 19.0 Å². The van der Waals surface area contributed by atoms with Gasteiger partial charge in [0.05, 0.1) is 19.4 Å². The number of carbonyl (C=O) groups excluding carboxylic acids is 2. The van der Waals surface area contributed by atoms with Crippen molar-refractivity contribution in [1.82, 2.24) is 15.5 Å². The van der Waals surface area contributed by atoms with Crippen LogP contribution in [0.2, 0.25) is 0 Å². The van der Waals surface area contributed by atoms with E-state index in [4.69, 9.17) is 4.42 Å². The average molecular weight is 301 g/mol. The fraction of sp³-hybridized carbons (Fsp3) is 0.250. The molecule has 0 aliphatic rings. The Morgan fingerprint density at radius 3 is 2.59 bits per heavy atom. The fourth-order valence-electron chi connectivity index (χ4n) is 1.99. The van der Waals surface area contributed by atoms with Gasteiger partial charge in [-0.05, 0) is 24.7 Å². The number of nitrogens with one attached hydrogen (secondary N) is 2.